The van der Waals surface area contributed by atoms with Crippen molar-refractivity contribution in [3.63, 3.8) is 0 Å². The third kappa shape index (κ3) is 2.36. The normalized spacial score (nSPS) is 12.0. The van der Waals surface area contributed by atoms with E-state index in [9.17, 15) is 13.2 Å². The van der Waals surface area contributed by atoms with E-state index in [1.165, 1.54) is 12.1 Å². The van der Waals surface area contributed by atoms with E-state index in [-0.39, 0.29) is 10.6 Å². The number of nitrogens with zero attached hydrogens (tertiary/aromatic N) is 1. The summed E-state index contributed by atoms with van der Waals surface area (Å²) in [6, 6.07) is 9.47. The predicted octanol–water partition coefficient (Wildman–Crippen LogP) is 1.53. The third-order valence-corrected chi connectivity index (χ3v) is 4.87. The second-order valence-electron chi connectivity index (χ2n) is 5.06. The molecule has 8 nitrogen and oxygen atoms in total. The van der Waals surface area contributed by atoms with Gasteiger partial charge >= 0.3 is 5.69 Å². The molecule has 0 aliphatic rings. The number of hydrogen-bond donors (Lipinski definition) is 4. The van der Waals surface area contributed by atoms with Crippen molar-refractivity contribution in [1.82, 2.24) is 20.2 Å². The first-order valence-electron chi connectivity index (χ1n) is 6.69. The second kappa shape index (κ2) is 4.71. The topological polar surface area (TPSA) is 124 Å². The fourth-order valence-corrected chi connectivity index (χ4v) is 3.47. The molecule has 0 saturated heterocycles. The summed E-state index contributed by atoms with van der Waals surface area (Å²) in [7, 11) is -3.77. The molecule has 0 amide bonds. The Morgan fingerprint density at radius 3 is 2.65 bits per heavy atom. The minimum absolute atomic E-state index is 0.0601. The fourth-order valence-electron chi connectivity index (χ4n) is 2.39. The number of hydrogen-bond acceptors (Lipinski definition) is 4. The van der Waals surface area contributed by atoms with Crippen molar-refractivity contribution in [2.75, 3.05) is 4.72 Å². The number of nitrogens with one attached hydrogen (secondary N) is 4. The van der Waals surface area contributed by atoms with Crippen molar-refractivity contribution in [2.24, 2.45) is 0 Å². The Kier molecular flexibility index (Phi) is 2.78. The Morgan fingerprint density at radius 1 is 0.957 bits per heavy atom. The van der Waals surface area contributed by atoms with Crippen molar-refractivity contribution in [2.45, 2.75) is 4.90 Å². The lowest BCUT2D eigenvalue weighted by Crippen LogP contribution is -2.12. The lowest BCUT2D eigenvalue weighted by molar-refractivity contribution is 0.601. The van der Waals surface area contributed by atoms with Gasteiger partial charge in [0, 0.05) is 5.39 Å². The molecule has 0 bridgehead atoms. The molecule has 23 heavy (non-hydrogen) atoms. The zero-order valence-electron chi connectivity index (χ0n) is 11.6. The highest BCUT2D eigenvalue weighted by molar-refractivity contribution is 7.92. The first-order chi connectivity index (χ1) is 11.0. The van der Waals surface area contributed by atoms with Gasteiger partial charge in [-0.15, -0.1) is 0 Å². The van der Waals surface area contributed by atoms with Gasteiger partial charge in [0.05, 0.1) is 33.3 Å². The molecule has 116 valence electrons. The minimum atomic E-state index is -3.77. The van der Waals surface area contributed by atoms with Crippen LogP contribution in [-0.2, 0) is 10.0 Å². The molecule has 0 atom stereocenters. The van der Waals surface area contributed by atoms with Gasteiger partial charge < -0.3 is 9.97 Å². The van der Waals surface area contributed by atoms with Crippen LogP contribution in [-0.4, -0.2) is 28.6 Å². The molecule has 0 spiro atoms. The first-order valence-corrected chi connectivity index (χ1v) is 8.18. The van der Waals surface area contributed by atoms with Crippen LogP contribution < -0.4 is 10.4 Å². The van der Waals surface area contributed by atoms with Crippen molar-refractivity contribution >= 4 is 37.6 Å². The maximum absolute atomic E-state index is 12.5. The first kappa shape index (κ1) is 13.6. The van der Waals surface area contributed by atoms with Gasteiger partial charge in [0.25, 0.3) is 10.0 Å². The van der Waals surface area contributed by atoms with E-state index in [0.29, 0.717) is 16.7 Å². The lowest BCUT2D eigenvalue weighted by atomic mass is 10.2. The van der Waals surface area contributed by atoms with E-state index >= 15 is 0 Å². The molecule has 0 saturated carbocycles. The molecule has 0 radical (unpaired) electrons. The van der Waals surface area contributed by atoms with Crippen molar-refractivity contribution < 1.29 is 8.42 Å². The van der Waals surface area contributed by atoms with Crippen LogP contribution in [0.5, 0.6) is 0 Å². The summed E-state index contributed by atoms with van der Waals surface area (Å²) in [6.45, 7) is 0. The molecule has 0 aliphatic carbocycles. The fraction of sp³-hybridized carbons (Fsp3) is 0. The summed E-state index contributed by atoms with van der Waals surface area (Å²) in [4.78, 5) is 16.4. The molecular weight excluding hydrogens is 318 g/mol. The lowest BCUT2D eigenvalue weighted by Gasteiger charge is -2.08. The average molecular weight is 329 g/mol. The summed E-state index contributed by atoms with van der Waals surface area (Å²) in [5, 5.41) is 7.57. The number of rotatable bonds is 3. The standard InChI is InChI=1S/C14H11N5O3S/c20-14-16-11-4-3-10(6-13(11)17-14)23(21,22)19-9-2-1-8-7-15-18-12(8)5-9/h1-7,19H,(H,15,18)(H2,16,17,20). The third-order valence-electron chi connectivity index (χ3n) is 3.49. The van der Waals surface area contributed by atoms with Crippen LogP contribution in [0, 0.1) is 0 Å². The monoisotopic (exact) mass is 329 g/mol. The molecule has 4 N–H and O–H groups in total. The smallest absolute Gasteiger partial charge is 0.306 e. The highest BCUT2D eigenvalue weighted by atomic mass is 32.2. The Labute approximate surface area is 129 Å². The molecule has 9 heteroatoms. The van der Waals surface area contributed by atoms with Crippen LogP contribution in [0.1, 0.15) is 0 Å². The molecule has 0 unspecified atom stereocenters. The molecular formula is C14H11N5O3S. The maximum Gasteiger partial charge on any atom is 0.323 e. The molecule has 2 aromatic heterocycles. The van der Waals surface area contributed by atoms with Gasteiger partial charge in [-0.2, -0.15) is 5.10 Å². The van der Waals surface area contributed by atoms with E-state index in [1.54, 1.807) is 30.5 Å². The highest BCUT2D eigenvalue weighted by Crippen LogP contribution is 2.21. The zero-order chi connectivity index (χ0) is 16.0. The maximum atomic E-state index is 12.5. The van der Waals surface area contributed by atoms with Crippen LogP contribution in [0.3, 0.4) is 0 Å². The van der Waals surface area contributed by atoms with Crippen LogP contribution in [0.2, 0.25) is 0 Å². The number of sulfonamides is 1. The van der Waals surface area contributed by atoms with Gasteiger partial charge in [-0.3, -0.25) is 9.82 Å². The number of anilines is 1. The summed E-state index contributed by atoms with van der Waals surface area (Å²) in [6.07, 6.45) is 1.66. The number of H-pyrrole nitrogens is 3. The van der Waals surface area contributed by atoms with Gasteiger partial charge in [0.2, 0.25) is 0 Å². The molecule has 2 heterocycles. The number of aromatic amines is 3. The summed E-state index contributed by atoms with van der Waals surface area (Å²) in [5.74, 6) is 0. The van der Waals surface area contributed by atoms with Gasteiger partial charge in [0.15, 0.2) is 0 Å². The van der Waals surface area contributed by atoms with Crippen LogP contribution in [0.25, 0.3) is 21.9 Å². The molecule has 4 aromatic rings. The Morgan fingerprint density at radius 2 is 1.78 bits per heavy atom. The number of imidazole rings is 1. The van der Waals surface area contributed by atoms with Crippen LogP contribution in [0.15, 0.2) is 52.3 Å². The number of aromatic nitrogens is 4. The second-order valence-corrected chi connectivity index (χ2v) is 6.75. The SMILES string of the molecule is O=c1[nH]c2ccc(S(=O)(=O)Nc3ccc4cn[nH]c4c3)cc2[nH]1. The summed E-state index contributed by atoms with van der Waals surface area (Å²) < 4.78 is 27.5. The van der Waals surface area contributed by atoms with Crippen molar-refractivity contribution in [1.29, 1.82) is 0 Å². The van der Waals surface area contributed by atoms with Crippen molar-refractivity contribution in [3.05, 3.63) is 53.1 Å². The Hall–Kier alpha value is -3.07. The quantitative estimate of drug-likeness (QED) is 0.455. The minimum Gasteiger partial charge on any atom is -0.306 e. The molecule has 4 rings (SSSR count). The largest absolute Gasteiger partial charge is 0.323 e. The number of benzene rings is 2. The predicted molar refractivity (Wildman–Crippen MR) is 85.8 cm³/mol. The molecule has 0 aliphatic heterocycles. The van der Waals surface area contributed by atoms with Gasteiger partial charge in [-0.05, 0) is 36.4 Å². The Balaban J connectivity index is 1.74. The van der Waals surface area contributed by atoms with E-state index in [1.807, 2.05) is 0 Å². The van der Waals surface area contributed by atoms with E-state index in [4.69, 9.17) is 0 Å². The average Bonchev–Trinajstić information content (AvgIpc) is 3.10. The van der Waals surface area contributed by atoms with Crippen LogP contribution >= 0.6 is 0 Å². The molecule has 2 aromatic carbocycles. The van der Waals surface area contributed by atoms with Gasteiger partial charge in [-0.25, -0.2) is 13.2 Å². The zero-order valence-corrected chi connectivity index (χ0v) is 12.4. The van der Waals surface area contributed by atoms with Crippen LogP contribution in [0.4, 0.5) is 5.69 Å². The molecule has 0 fully saturated rings. The van der Waals surface area contributed by atoms with Crippen molar-refractivity contribution in [3.8, 4) is 0 Å². The van der Waals surface area contributed by atoms with E-state index < -0.39 is 10.0 Å². The Bertz CT molecular complexity index is 1190. The van der Waals surface area contributed by atoms with Gasteiger partial charge in [0.1, 0.15) is 0 Å². The van der Waals surface area contributed by atoms with E-state index in [0.717, 1.165) is 10.9 Å². The number of fused-ring (bicyclic) bond motifs is 2. The van der Waals surface area contributed by atoms with E-state index in [2.05, 4.69) is 24.9 Å². The van der Waals surface area contributed by atoms with Gasteiger partial charge in [-0.1, -0.05) is 0 Å². The highest BCUT2D eigenvalue weighted by Gasteiger charge is 2.15. The summed E-state index contributed by atoms with van der Waals surface area (Å²) in [5.41, 5.74) is 1.75. The summed E-state index contributed by atoms with van der Waals surface area (Å²) >= 11 is 0.